The highest BCUT2D eigenvalue weighted by Gasteiger charge is 2.56. The van der Waals surface area contributed by atoms with E-state index in [0.29, 0.717) is 0 Å². The first-order valence-electron chi connectivity index (χ1n) is 6.07. The normalized spacial score (nSPS) is 12.6. The molecular formula is C14H13F5O2. The second kappa shape index (κ2) is 7.19. The van der Waals surface area contributed by atoms with E-state index in [9.17, 15) is 26.7 Å². The molecule has 0 spiro atoms. The van der Waals surface area contributed by atoms with Gasteiger partial charge in [-0.2, -0.15) is 22.0 Å². The monoisotopic (exact) mass is 308 g/mol. The van der Waals surface area contributed by atoms with Crippen LogP contribution in [0.2, 0.25) is 0 Å². The SMILES string of the molecule is O=C(/C=C\c1ccccc1)OCCCC(F)(F)C(F)(F)F. The van der Waals surface area contributed by atoms with Crippen molar-refractivity contribution in [3.8, 4) is 0 Å². The average Bonchev–Trinajstić information content (AvgIpc) is 2.41. The van der Waals surface area contributed by atoms with E-state index < -0.39 is 37.5 Å². The Morgan fingerprint density at radius 1 is 1.10 bits per heavy atom. The van der Waals surface area contributed by atoms with E-state index in [1.807, 2.05) is 0 Å². The first kappa shape index (κ1) is 17.1. The van der Waals surface area contributed by atoms with Gasteiger partial charge in [0.25, 0.3) is 0 Å². The van der Waals surface area contributed by atoms with Crippen molar-refractivity contribution < 1.29 is 31.5 Å². The van der Waals surface area contributed by atoms with Crippen molar-refractivity contribution in [2.24, 2.45) is 0 Å². The number of ether oxygens (including phenoxy) is 1. The summed E-state index contributed by atoms with van der Waals surface area (Å²) in [6, 6.07) is 8.76. The van der Waals surface area contributed by atoms with E-state index in [1.54, 1.807) is 30.3 Å². The molecule has 0 heterocycles. The molecule has 1 rings (SSSR count). The first-order valence-corrected chi connectivity index (χ1v) is 6.07. The predicted octanol–water partition coefficient (Wildman–Crippen LogP) is 4.22. The summed E-state index contributed by atoms with van der Waals surface area (Å²) in [6.45, 7) is -0.496. The Bertz CT molecular complexity index is 480. The zero-order valence-electron chi connectivity index (χ0n) is 10.9. The highest BCUT2D eigenvalue weighted by molar-refractivity contribution is 5.86. The van der Waals surface area contributed by atoms with E-state index in [1.165, 1.54) is 6.08 Å². The van der Waals surface area contributed by atoms with Crippen molar-refractivity contribution in [2.75, 3.05) is 6.61 Å². The Balaban J connectivity index is 2.30. The van der Waals surface area contributed by atoms with Gasteiger partial charge in [0.2, 0.25) is 0 Å². The van der Waals surface area contributed by atoms with Crippen LogP contribution < -0.4 is 0 Å². The average molecular weight is 308 g/mol. The molecule has 0 bridgehead atoms. The minimum Gasteiger partial charge on any atom is -0.463 e. The van der Waals surface area contributed by atoms with Gasteiger partial charge in [-0.05, 0) is 18.1 Å². The maximum atomic E-state index is 12.5. The number of carbonyl (C=O) groups excluding carboxylic acids is 1. The van der Waals surface area contributed by atoms with Crippen molar-refractivity contribution in [1.82, 2.24) is 0 Å². The quantitative estimate of drug-likeness (QED) is 0.340. The van der Waals surface area contributed by atoms with Gasteiger partial charge in [-0.15, -0.1) is 0 Å². The molecule has 0 aliphatic rings. The minimum atomic E-state index is -5.58. The van der Waals surface area contributed by atoms with Crippen molar-refractivity contribution in [3.05, 3.63) is 42.0 Å². The van der Waals surface area contributed by atoms with Crippen LogP contribution in [0.1, 0.15) is 18.4 Å². The van der Waals surface area contributed by atoms with Crippen LogP contribution in [0.5, 0.6) is 0 Å². The molecule has 0 unspecified atom stereocenters. The fraction of sp³-hybridized carbons (Fsp3) is 0.357. The van der Waals surface area contributed by atoms with Crippen molar-refractivity contribution in [2.45, 2.75) is 24.9 Å². The maximum absolute atomic E-state index is 12.5. The molecule has 1 aromatic rings. The summed E-state index contributed by atoms with van der Waals surface area (Å²) < 4.78 is 65.2. The molecule has 0 amide bonds. The van der Waals surface area contributed by atoms with Crippen LogP contribution in [0.25, 0.3) is 6.08 Å². The second-order valence-electron chi connectivity index (χ2n) is 4.22. The largest absolute Gasteiger partial charge is 0.463 e. The zero-order chi connectivity index (χ0) is 15.9. The third-order valence-electron chi connectivity index (χ3n) is 2.51. The molecule has 21 heavy (non-hydrogen) atoms. The highest BCUT2D eigenvalue weighted by Crippen LogP contribution is 2.38. The maximum Gasteiger partial charge on any atom is 0.453 e. The van der Waals surface area contributed by atoms with Crippen LogP contribution in [0.15, 0.2) is 36.4 Å². The molecule has 0 saturated carbocycles. The van der Waals surface area contributed by atoms with E-state index in [4.69, 9.17) is 0 Å². The summed E-state index contributed by atoms with van der Waals surface area (Å²) in [6.07, 6.45) is -5.03. The standard InChI is InChI=1S/C14H13F5O2/c15-13(16,14(17,18)19)9-4-10-21-12(20)8-7-11-5-2-1-3-6-11/h1-3,5-8H,4,9-10H2/b8-7-. The Labute approximate surface area is 118 Å². The molecule has 0 atom stereocenters. The number of rotatable bonds is 6. The van der Waals surface area contributed by atoms with Crippen LogP contribution in [0.3, 0.4) is 0 Å². The van der Waals surface area contributed by atoms with E-state index in [2.05, 4.69) is 4.74 Å². The number of alkyl halides is 5. The lowest BCUT2D eigenvalue weighted by Crippen LogP contribution is -2.36. The van der Waals surface area contributed by atoms with Gasteiger partial charge in [0.1, 0.15) is 0 Å². The molecule has 2 nitrogen and oxygen atoms in total. The van der Waals surface area contributed by atoms with Gasteiger partial charge in [-0.1, -0.05) is 30.3 Å². The lowest BCUT2D eigenvalue weighted by Gasteiger charge is -2.18. The van der Waals surface area contributed by atoms with Gasteiger partial charge in [0.15, 0.2) is 0 Å². The molecule has 7 heteroatoms. The van der Waals surface area contributed by atoms with Gasteiger partial charge < -0.3 is 4.74 Å². The minimum absolute atomic E-state index is 0.496. The van der Waals surface area contributed by atoms with E-state index in [-0.39, 0.29) is 0 Å². The number of benzene rings is 1. The zero-order valence-corrected chi connectivity index (χ0v) is 10.9. The first-order chi connectivity index (χ1) is 9.72. The lowest BCUT2D eigenvalue weighted by atomic mass is 10.2. The van der Waals surface area contributed by atoms with Crippen molar-refractivity contribution >= 4 is 12.0 Å². The fourth-order valence-electron chi connectivity index (χ4n) is 1.39. The Morgan fingerprint density at radius 3 is 2.29 bits per heavy atom. The molecule has 0 N–H and O–H groups in total. The number of hydrogen-bond acceptors (Lipinski definition) is 2. The van der Waals surface area contributed by atoms with Gasteiger partial charge in [0, 0.05) is 12.5 Å². The summed E-state index contributed by atoms with van der Waals surface area (Å²) in [5.74, 6) is -5.56. The van der Waals surface area contributed by atoms with Gasteiger partial charge in [-0.3, -0.25) is 0 Å². The molecule has 1 aromatic carbocycles. The number of halogens is 5. The van der Waals surface area contributed by atoms with Crippen molar-refractivity contribution in [3.63, 3.8) is 0 Å². The summed E-state index contributed by atoms with van der Waals surface area (Å²) in [5, 5.41) is 0. The molecule has 0 saturated heterocycles. The van der Waals surface area contributed by atoms with Gasteiger partial charge in [-0.25, -0.2) is 4.79 Å². The third-order valence-corrected chi connectivity index (χ3v) is 2.51. The topological polar surface area (TPSA) is 26.3 Å². The van der Waals surface area contributed by atoms with Gasteiger partial charge >= 0.3 is 18.1 Å². The van der Waals surface area contributed by atoms with Crippen molar-refractivity contribution in [1.29, 1.82) is 0 Å². The number of esters is 1. The summed E-state index contributed by atoms with van der Waals surface area (Å²) in [7, 11) is 0. The molecule has 0 aliphatic heterocycles. The summed E-state index contributed by atoms with van der Waals surface area (Å²) in [5.41, 5.74) is 0.734. The third kappa shape index (κ3) is 5.93. The van der Waals surface area contributed by atoms with Crippen LogP contribution in [-0.2, 0) is 9.53 Å². The van der Waals surface area contributed by atoms with Crippen LogP contribution in [0, 0.1) is 0 Å². The molecule has 0 aromatic heterocycles. The van der Waals surface area contributed by atoms with Crippen LogP contribution >= 0.6 is 0 Å². The van der Waals surface area contributed by atoms with Gasteiger partial charge in [0.05, 0.1) is 6.61 Å². The van der Waals surface area contributed by atoms with E-state index >= 15 is 0 Å². The Morgan fingerprint density at radius 2 is 1.71 bits per heavy atom. The Kier molecular flexibility index (Phi) is 5.87. The van der Waals surface area contributed by atoms with Crippen LogP contribution in [0.4, 0.5) is 22.0 Å². The number of hydrogen-bond donors (Lipinski definition) is 0. The summed E-state index contributed by atoms with van der Waals surface area (Å²) in [4.78, 5) is 11.2. The Hall–Kier alpha value is -1.92. The second-order valence-corrected chi connectivity index (χ2v) is 4.22. The highest BCUT2D eigenvalue weighted by atomic mass is 19.4. The molecule has 0 aliphatic carbocycles. The van der Waals surface area contributed by atoms with Crippen LogP contribution in [-0.4, -0.2) is 24.7 Å². The smallest absolute Gasteiger partial charge is 0.453 e. The lowest BCUT2D eigenvalue weighted by molar-refractivity contribution is -0.284. The number of carbonyl (C=O) groups is 1. The summed E-state index contributed by atoms with van der Waals surface area (Å²) >= 11 is 0. The molecule has 0 radical (unpaired) electrons. The van der Waals surface area contributed by atoms with E-state index in [0.717, 1.165) is 11.6 Å². The predicted molar refractivity (Wildman–Crippen MR) is 66.7 cm³/mol. The molecule has 116 valence electrons. The molecular weight excluding hydrogens is 295 g/mol. The molecule has 0 fully saturated rings. The fourth-order valence-corrected chi connectivity index (χ4v) is 1.39.